The molecule has 1 amide bonds. The fourth-order valence-electron chi connectivity index (χ4n) is 4.39. The van der Waals surface area contributed by atoms with E-state index in [1.165, 1.54) is 19.1 Å². The second kappa shape index (κ2) is 11.0. The van der Waals surface area contributed by atoms with Gasteiger partial charge in [0, 0.05) is 36.6 Å². The first-order chi connectivity index (χ1) is 17.5. The minimum Gasteiger partial charge on any atom is -0.507 e. The lowest BCUT2D eigenvalue weighted by atomic mass is 9.94. The summed E-state index contributed by atoms with van der Waals surface area (Å²) in [6.07, 6.45) is 5.79. The predicted octanol–water partition coefficient (Wildman–Crippen LogP) is 3.81. The first-order valence-electron chi connectivity index (χ1n) is 11.7. The van der Waals surface area contributed by atoms with Crippen molar-refractivity contribution >= 4 is 17.4 Å². The maximum absolute atomic E-state index is 13.3. The fourth-order valence-corrected chi connectivity index (χ4v) is 4.39. The number of methoxy groups -OCH3 is 2. The van der Waals surface area contributed by atoms with E-state index in [-0.39, 0.29) is 17.9 Å². The van der Waals surface area contributed by atoms with Gasteiger partial charge in [-0.1, -0.05) is 12.1 Å². The molecule has 0 spiro atoms. The molecule has 0 bridgehead atoms. The van der Waals surface area contributed by atoms with Crippen LogP contribution >= 0.6 is 0 Å². The van der Waals surface area contributed by atoms with E-state index in [2.05, 4.69) is 4.98 Å². The van der Waals surface area contributed by atoms with Gasteiger partial charge in [-0.25, -0.2) is 4.98 Å². The molecule has 1 atom stereocenters. The van der Waals surface area contributed by atoms with Gasteiger partial charge in [0.05, 0.1) is 38.8 Å². The minimum atomic E-state index is -0.867. The highest BCUT2D eigenvalue weighted by Gasteiger charge is 2.47. The molecule has 0 radical (unpaired) electrons. The second-order valence-corrected chi connectivity index (χ2v) is 8.22. The Morgan fingerprint density at radius 1 is 1.06 bits per heavy atom. The van der Waals surface area contributed by atoms with Crippen LogP contribution in [0.3, 0.4) is 0 Å². The van der Waals surface area contributed by atoms with Crippen LogP contribution in [0.2, 0.25) is 0 Å². The summed E-state index contributed by atoms with van der Waals surface area (Å²) in [5, 5.41) is 11.4. The number of carbonyl (C=O) groups is 2. The van der Waals surface area contributed by atoms with Crippen LogP contribution in [0.4, 0.5) is 0 Å². The molecule has 4 rings (SSSR count). The topological polar surface area (TPSA) is 103 Å². The van der Waals surface area contributed by atoms with Crippen molar-refractivity contribution in [1.29, 1.82) is 0 Å². The molecule has 1 aliphatic heterocycles. The number of aliphatic hydroxyl groups excluding tert-OH is 1. The van der Waals surface area contributed by atoms with Crippen LogP contribution in [-0.4, -0.2) is 58.6 Å². The molecule has 2 aromatic carbocycles. The number of likely N-dealkylation sites (tertiary alicyclic amines) is 1. The van der Waals surface area contributed by atoms with Crippen LogP contribution in [0.25, 0.3) is 5.76 Å². The maximum Gasteiger partial charge on any atom is 0.295 e. The van der Waals surface area contributed by atoms with Gasteiger partial charge in [0.25, 0.3) is 11.7 Å². The normalized spacial score (nSPS) is 16.9. The summed E-state index contributed by atoms with van der Waals surface area (Å²) in [6.45, 7) is 3.20. The predicted molar refractivity (Wildman–Crippen MR) is 133 cm³/mol. The molecule has 1 saturated heterocycles. The molecular weight excluding hydrogens is 462 g/mol. The highest BCUT2D eigenvalue weighted by molar-refractivity contribution is 6.46. The Morgan fingerprint density at radius 3 is 2.58 bits per heavy atom. The highest BCUT2D eigenvalue weighted by atomic mass is 16.5. The van der Waals surface area contributed by atoms with E-state index in [4.69, 9.17) is 14.2 Å². The zero-order chi connectivity index (χ0) is 25.7. The van der Waals surface area contributed by atoms with Gasteiger partial charge in [-0.15, -0.1) is 0 Å². The molecule has 9 nitrogen and oxygen atoms in total. The summed E-state index contributed by atoms with van der Waals surface area (Å²) in [6, 6.07) is 11.1. The first kappa shape index (κ1) is 24.8. The monoisotopic (exact) mass is 491 g/mol. The van der Waals surface area contributed by atoms with Gasteiger partial charge in [0.15, 0.2) is 0 Å². The van der Waals surface area contributed by atoms with Crippen LogP contribution in [0.1, 0.15) is 30.5 Å². The Balaban J connectivity index is 1.81. The molecule has 1 N–H and O–H groups in total. The number of benzene rings is 2. The van der Waals surface area contributed by atoms with E-state index in [0.29, 0.717) is 47.9 Å². The van der Waals surface area contributed by atoms with Crippen molar-refractivity contribution < 1.29 is 28.9 Å². The molecule has 0 saturated carbocycles. The Bertz CT molecular complexity index is 1270. The molecule has 1 unspecified atom stereocenters. The van der Waals surface area contributed by atoms with Crippen molar-refractivity contribution in [3.8, 4) is 17.2 Å². The molecular formula is C27H29N3O6. The van der Waals surface area contributed by atoms with Crippen molar-refractivity contribution in [1.82, 2.24) is 14.5 Å². The third-order valence-electron chi connectivity index (χ3n) is 6.06. The summed E-state index contributed by atoms with van der Waals surface area (Å²) < 4.78 is 18.4. The summed E-state index contributed by atoms with van der Waals surface area (Å²) >= 11 is 0. The Morgan fingerprint density at radius 2 is 1.89 bits per heavy atom. The number of Topliss-reactive ketones (excluding diaryl/α,β-unsaturated/α-hetero) is 1. The van der Waals surface area contributed by atoms with Crippen molar-refractivity contribution in [3.05, 3.63) is 77.9 Å². The lowest BCUT2D eigenvalue weighted by Gasteiger charge is -2.27. The number of aromatic nitrogens is 2. The first-order valence-corrected chi connectivity index (χ1v) is 11.7. The third kappa shape index (κ3) is 4.91. The largest absolute Gasteiger partial charge is 0.507 e. The molecule has 3 aromatic rings. The Labute approximate surface area is 209 Å². The number of nitrogens with zero attached hydrogens (tertiary/aromatic N) is 3. The summed E-state index contributed by atoms with van der Waals surface area (Å²) in [4.78, 5) is 32.1. The molecule has 2 heterocycles. The van der Waals surface area contributed by atoms with Crippen molar-refractivity contribution in [3.63, 3.8) is 0 Å². The number of hydrogen-bond acceptors (Lipinski definition) is 7. The van der Waals surface area contributed by atoms with Gasteiger partial charge in [-0.05, 0) is 43.7 Å². The van der Waals surface area contributed by atoms with Gasteiger partial charge >= 0.3 is 0 Å². The minimum absolute atomic E-state index is 0.0113. The van der Waals surface area contributed by atoms with Gasteiger partial charge < -0.3 is 28.8 Å². The second-order valence-electron chi connectivity index (χ2n) is 8.22. The molecule has 1 aromatic heterocycles. The lowest BCUT2D eigenvalue weighted by Crippen LogP contribution is -2.31. The maximum atomic E-state index is 13.3. The number of ether oxygens (including phenoxy) is 3. The van der Waals surface area contributed by atoms with Gasteiger partial charge in [-0.3, -0.25) is 9.59 Å². The molecule has 1 fully saturated rings. The summed E-state index contributed by atoms with van der Waals surface area (Å²) in [7, 11) is 3.05. The number of amides is 1. The third-order valence-corrected chi connectivity index (χ3v) is 6.06. The average Bonchev–Trinajstić information content (AvgIpc) is 3.50. The zero-order valence-corrected chi connectivity index (χ0v) is 20.5. The molecule has 0 aliphatic carbocycles. The number of aryl methyl sites for hydroxylation is 1. The number of aliphatic hydroxyl groups is 1. The lowest BCUT2D eigenvalue weighted by molar-refractivity contribution is -0.140. The van der Waals surface area contributed by atoms with E-state index in [1.54, 1.807) is 55.0 Å². The molecule has 188 valence electrons. The van der Waals surface area contributed by atoms with E-state index in [9.17, 15) is 14.7 Å². The Kier molecular flexibility index (Phi) is 7.58. The van der Waals surface area contributed by atoms with E-state index >= 15 is 0 Å². The quantitative estimate of drug-likeness (QED) is 0.261. The molecule has 1 aliphatic rings. The smallest absolute Gasteiger partial charge is 0.295 e. The SMILES string of the molecule is CCOc1cccc(/C(O)=C2\C(=O)C(=O)N(CCCn3ccnc3)C2c2cc(OC)ccc2OC)c1. The molecule has 36 heavy (non-hydrogen) atoms. The van der Waals surface area contributed by atoms with E-state index < -0.39 is 17.7 Å². The average molecular weight is 492 g/mol. The standard InChI is InChI=1S/C27H29N3O6/c1-4-36-20-8-5-7-18(15-20)25(31)23-24(21-16-19(34-2)9-10-22(21)35-3)30(27(33)26(23)32)13-6-12-29-14-11-28-17-29/h5,7-11,14-17,24,31H,4,6,12-13H2,1-3H3/b25-23+. The zero-order valence-electron chi connectivity index (χ0n) is 20.5. The summed E-state index contributed by atoms with van der Waals surface area (Å²) in [5.41, 5.74) is 0.910. The number of hydrogen-bond donors (Lipinski definition) is 1. The molecule has 9 heteroatoms. The fraction of sp³-hybridized carbons (Fsp3) is 0.296. The van der Waals surface area contributed by atoms with Crippen molar-refractivity contribution in [2.24, 2.45) is 0 Å². The van der Waals surface area contributed by atoms with Crippen LogP contribution < -0.4 is 14.2 Å². The van der Waals surface area contributed by atoms with Crippen molar-refractivity contribution in [2.75, 3.05) is 27.4 Å². The van der Waals surface area contributed by atoms with Crippen LogP contribution in [0, 0.1) is 0 Å². The van der Waals surface area contributed by atoms with Gasteiger partial charge in [-0.2, -0.15) is 0 Å². The van der Waals surface area contributed by atoms with Crippen LogP contribution in [0.5, 0.6) is 17.2 Å². The van der Waals surface area contributed by atoms with Gasteiger partial charge in [0.1, 0.15) is 23.0 Å². The van der Waals surface area contributed by atoms with Crippen LogP contribution in [0.15, 0.2) is 66.8 Å². The number of imidazole rings is 1. The van der Waals surface area contributed by atoms with Gasteiger partial charge in [0.2, 0.25) is 0 Å². The van der Waals surface area contributed by atoms with Crippen molar-refractivity contribution in [2.45, 2.75) is 25.9 Å². The number of rotatable bonds is 10. The number of carbonyl (C=O) groups excluding carboxylic acids is 2. The number of ketones is 1. The van der Waals surface area contributed by atoms with E-state index in [0.717, 1.165) is 0 Å². The highest BCUT2D eigenvalue weighted by Crippen LogP contribution is 2.44. The van der Waals surface area contributed by atoms with Crippen LogP contribution in [-0.2, 0) is 16.1 Å². The Hall–Kier alpha value is -4.27. The van der Waals surface area contributed by atoms with E-state index in [1.807, 2.05) is 17.7 Å². The summed E-state index contributed by atoms with van der Waals surface area (Å²) in [5.74, 6) is -0.164.